The van der Waals surface area contributed by atoms with E-state index in [1.165, 1.54) is 30.5 Å². The van der Waals surface area contributed by atoms with Crippen LogP contribution in [0.5, 0.6) is 0 Å². The SMILES string of the molecule is O=C(Cl)c1cccnc1-c1ccc(C(F)(F)F)cc1. The fourth-order valence-electron chi connectivity index (χ4n) is 1.61. The first-order valence-electron chi connectivity index (χ1n) is 5.22. The molecule has 2 rings (SSSR count). The zero-order valence-corrected chi connectivity index (χ0v) is 10.2. The predicted molar refractivity (Wildman–Crippen MR) is 64.9 cm³/mol. The number of pyridine rings is 1. The minimum atomic E-state index is -4.40. The van der Waals surface area contributed by atoms with Gasteiger partial charge in [0.1, 0.15) is 0 Å². The van der Waals surface area contributed by atoms with Crippen molar-refractivity contribution in [1.29, 1.82) is 0 Å². The highest BCUT2D eigenvalue weighted by molar-refractivity contribution is 6.68. The van der Waals surface area contributed by atoms with E-state index in [0.29, 0.717) is 5.56 Å². The Morgan fingerprint density at radius 3 is 2.26 bits per heavy atom. The third-order valence-corrected chi connectivity index (χ3v) is 2.71. The first kappa shape index (κ1) is 13.5. The van der Waals surface area contributed by atoms with Crippen LogP contribution in [0.1, 0.15) is 15.9 Å². The molecule has 0 saturated carbocycles. The number of hydrogen-bond donors (Lipinski definition) is 0. The first-order valence-corrected chi connectivity index (χ1v) is 5.60. The Labute approximate surface area is 111 Å². The van der Waals surface area contributed by atoms with Crippen LogP contribution in [0.2, 0.25) is 0 Å². The topological polar surface area (TPSA) is 30.0 Å². The fraction of sp³-hybridized carbons (Fsp3) is 0.0769. The summed E-state index contributed by atoms with van der Waals surface area (Å²) in [6, 6.07) is 7.39. The van der Waals surface area contributed by atoms with Gasteiger partial charge in [0.15, 0.2) is 0 Å². The van der Waals surface area contributed by atoms with E-state index < -0.39 is 17.0 Å². The van der Waals surface area contributed by atoms with Gasteiger partial charge in [-0.25, -0.2) is 0 Å². The molecule has 98 valence electrons. The second kappa shape index (κ2) is 5.01. The van der Waals surface area contributed by atoms with Gasteiger partial charge in [-0.2, -0.15) is 13.2 Å². The molecule has 0 saturated heterocycles. The van der Waals surface area contributed by atoms with E-state index in [1.54, 1.807) is 0 Å². The van der Waals surface area contributed by atoms with Crippen LogP contribution >= 0.6 is 11.6 Å². The average molecular weight is 286 g/mol. The van der Waals surface area contributed by atoms with Crippen molar-refractivity contribution < 1.29 is 18.0 Å². The normalized spacial score (nSPS) is 11.4. The van der Waals surface area contributed by atoms with Gasteiger partial charge in [0.05, 0.1) is 16.8 Å². The van der Waals surface area contributed by atoms with Crippen molar-refractivity contribution in [2.75, 3.05) is 0 Å². The van der Waals surface area contributed by atoms with Gasteiger partial charge in [0.25, 0.3) is 5.24 Å². The molecule has 1 heterocycles. The lowest BCUT2D eigenvalue weighted by atomic mass is 10.0. The molecule has 0 fully saturated rings. The molecule has 0 radical (unpaired) electrons. The van der Waals surface area contributed by atoms with E-state index in [-0.39, 0.29) is 11.3 Å². The lowest BCUT2D eigenvalue weighted by Gasteiger charge is -2.08. The molecule has 0 atom stereocenters. The number of aromatic nitrogens is 1. The van der Waals surface area contributed by atoms with Crippen LogP contribution < -0.4 is 0 Å². The second-order valence-corrected chi connectivity index (χ2v) is 4.09. The molecule has 1 aromatic carbocycles. The molecule has 0 spiro atoms. The Kier molecular flexibility index (Phi) is 3.57. The summed E-state index contributed by atoms with van der Waals surface area (Å²) in [5, 5.41) is -0.706. The van der Waals surface area contributed by atoms with E-state index in [2.05, 4.69) is 4.98 Å². The number of nitrogens with zero attached hydrogens (tertiary/aromatic N) is 1. The van der Waals surface area contributed by atoms with Crippen LogP contribution in [0.15, 0.2) is 42.6 Å². The molecular formula is C13H7ClF3NO. The highest BCUT2D eigenvalue weighted by Gasteiger charge is 2.30. The van der Waals surface area contributed by atoms with Gasteiger partial charge in [0.2, 0.25) is 0 Å². The number of carbonyl (C=O) groups is 1. The highest BCUT2D eigenvalue weighted by atomic mass is 35.5. The van der Waals surface area contributed by atoms with Crippen molar-refractivity contribution >= 4 is 16.8 Å². The van der Waals surface area contributed by atoms with E-state index in [0.717, 1.165) is 12.1 Å². The molecule has 0 bridgehead atoms. The first-order chi connectivity index (χ1) is 8.89. The Bertz CT molecular complexity index is 608. The highest BCUT2D eigenvalue weighted by Crippen LogP contribution is 2.31. The molecule has 6 heteroatoms. The summed E-state index contributed by atoms with van der Waals surface area (Å²) in [5.41, 5.74) is 0.0590. The summed E-state index contributed by atoms with van der Waals surface area (Å²) in [4.78, 5) is 15.2. The van der Waals surface area contributed by atoms with Gasteiger partial charge in [-0.1, -0.05) is 12.1 Å². The Morgan fingerprint density at radius 1 is 1.11 bits per heavy atom. The van der Waals surface area contributed by atoms with Gasteiger partial charge in [-0.3, -0.25) is 9.78 Å². The number of hydrogen-bond acceptors (Lipinski definition) is 2. The quantitative estimate of drug-likeness (QED) is 0.776. The molecule has 2 aromatic rings. The number of halogens is 4. The van der Waals surface area contributed by atoms with Crippen molar-refractivity contribution in [3.05, 3.63) is 53.7 Å². The molecule has 2 nitrogen and oxygen atoms in total. The smallest absolute Gasteiger partial charge is 0.276 e. The van der Waals surface area contributed by atoms with Crippen molar-refractivity contribution in [3.8, 4) is 11.3 Å². The van der Waals surface area contributed by atoms with Crippen LogP contribution in [0, 0.1) is 0 Å². The number of carbonyl (C=O) groups excluding carboxylic acids is 1. The van der Waals surface area contributed by atoms with Gasteiger partial charge in [-0.05, 0) is 35.9 Å². The van der Waals surface area contributed by atoms with Gasteiger partial charge in [0, 0.05) is 11.8 Å². The van der Waals surface area contributed by atoms with Crippen molar-refractivity contribution in [2.45, 2.75) is 6.18 Å². The lowest BCUT2D eigenvalue weighted by molar-refractivity contribution is -0.137. The predicted octanol–water partition coefficient (Wildman–Crippen LogP) is 4.15. The van der Waals surface area contributed by atoms with Crippen molar-refractivity contribution in [1.82, 2.24) is 4.98 Å². The largest absolute Gasteiger partial charge is 0.416 e. The number of benzene rings is 1. The monoisotopic (exact) mass is 285 g/mol. The molecule has 1 aromatic heterocycles. The maximum atomic E-state index is 12.4. The summed E-state index contributed by atoms with van der Waals surface area (Å²) < 4.78 is 37.3. The van der Waals surface area contributed by atoms with Crippen LogP contribution in [0.25, 0.3) is 11.3 Å². The van der Waals surface area contributed by atoms with E-state index in [1.807, 2.05) is 0 Å². The summed E-state index contributed by atoms with van der Waals surface area (Å²) in [6.07, 6.45) is -2.95. The lowest BCUT2D eigenvalue weighted by Crippen LogP contribution is -2.04. The van der Waals surface area contributed by atoms with Crippen LogP contribution in [-0.2, 0) is 6.18 Å². The van der Waals surface area contributed by atoms with E-state index >= 15 is 0 Å². The van der Waals surface area contributed by atoms with Crippen molar-refractivity contribution in [3.63, 3.8) is 0 Å². The maximum Gasteiger partial charge on any atom is 0.416 e. The zero-order valence-electron chi connectivity index (χ0n) is 9.41. The maximum absolute atomic E-state index is 12.4. The van der Waals surface area contributed by atoms with Crippen LogP contribution in [0.3, 0.4) is 0 Å². The molecule has 0 aliphatic heterocycles. The van der Waals surface area contributed by atoms with Gasteiger partial charge >= 0.3 is 6.18 Å². The fourth-order valence-corrected chi connectivity index (χ4v) is 1.76. The third-order valence-electron chi connectivity index (χ3n) is 2.51. The minimum absolute atomic E-state index is 0.156. The number of alkyl halides is 3. The van der Waals surface area contributed by atoms with Crippen molar-refractivity contribution in [2.24, 2.45) is 0 Å². The standard InChI is InChI=1S/C13H7ClF3NO/c14-12(19)10-2-1-7-18-11(10)8-3-5-9(6-4-8)13(15,16)17/h1-7H. The molecule has 0 unspecified atom stereocenters. The molecule has 19 heavy (non-hydrogen) atoms. The van der Waals surface area contributed by atoms with E-state index in [9.17, 15) is 18.0 Å². The summed E-state index contributed by atoms with van der Waals surface area (Å²) in [7, 11) is 0. The van der Waals surface area contributed by atoms with Crippen LogP contribution in [0.4, 0.5) is 13.2 Å². The Hall–Kier alpha value is -1.88. The average Bonchev–Trinajstić information content (AvgIpc) is 2.38. The summed E-state index contributed by atoms with van der Waals surface area (Å²) in [5.74, 6) is 0. The molecule has 0 aliphatic carbocycles. The Morgan fingerprint density at radius 2 is 1.74 bits per heavy atom. The second-order valence-electron chi connectivity index (χ2n) is 3.75. The molecule has 0 amide bonds. The third kappa shape index (κ3) is 2.93. The van der Waals surface area contributed by atoms with Gasteiger partial charge < -0.3 is 0 Å². The zero-order chi connectivity index (χ0) is 14.0. The minimum Gasteiger partial charge on any atom is -0.276 e. The summed E-state index contributed by atoms with van der Waals surface area (Å²) >= 11 is 5.40. The van der Waals surface area contributed by atoms with Gasteiger partial charge in [-0.15, -0.1) is 0 Å². The summed E-state index contributed by atoms with van der Waals surface area (Å²) in [6.45, 7) is 0. The molecular weight excluding hydrogens is 279 g/mol. The number of rotatable bonds is 2. The molecule has 0 N–H and O–H groups in total. The molecule has 0 aliphatic rings. The van der Waals surface area contributed by atoms with E-state index in [4.69, 9.17) is 11.6 Å². The van der Waals surface area contributed by atoms with Crippen LogP contribution in [-0.4, -0.2) is 10.2 Å². The Balaban J connectivity index is 2.46.